The molecule has 126 valence electrons. The maximum atomic E-state index is 10.6. The van der Waals surface area contributed by atoms with E-state index in [1.54, 1.807) is 0 Å². The quantitative estimate of drug-likeness (QED) is 0.155. The molecule has 0 saturated heterocycles. The highest BCUT2D eigenvalue weighted by atomic mass is 17.1. The van der Waals surface area contributed by atoms with Crippen LogP contribution >= 0.6 is 0 Å². The Morgan fingerprint density at radius 1 is 0.955 bits per heavy atom. The van der Waals surface area contributed by atoms with Gasteiger partial charge < -0.3 is 9.99 Å². The minimum Gasteiger partial charge on any atom is -0.513 e. The molecule has 0 aliphatic carbocycles. The van der Waals surface area contributed by atoms with Crippen LogP contribution in [0.5, 0.6) is 0 Å². The zero-order valence-corrected chi connectivity index (χ0v) is 13.7. The zero-order valence-electron chi connectivity index (χ0n) is 13.7. The van der Waals surface area contributed by atoms with Crippen molar-refractivity contribution in [2.75, 3.05) is 0 Å². The van der Waals surface area contributed by atoms with Crippen LogP contribution in [-0.4, -0.2) is 16.3 Å². The topological polar surface area (TPSA) is 66.8 Å². The molecule has 0 radical (unpaired) electrons. The van der Waals surface area contributed by atoms with Crippen molar-refractivity contribution in [3.8, 4) is 0 Å². The van der Waals surface area contributed by atoms with E-state index in [1.165, 1.54) is 12.8 Å². The Bertz CT molecular complexity index is 356. The number of carbonyl (C=O) groups excluding carboxylic acids is 1. The smallest absolute Gasteiger partial charge is 0.342 e. The van der Waals surface area contributed by atoms with Crippen molar-refractivity contribution in [1.82, 2.24) is 0 Å². The Labute approximate surface area is 134 Å². The van der Waals surface area contributed by atoms with E-state index in [1.807, 2.05) is 6.08 Å². The third-order valence-electron chi connectivity index (χ3n) is 3.24. The Kier molecular flexibility index (Phi) is 14.7. The largest absolute Gasteiger partial charge is 0.513 e. The zero-order chi connectivity index (χ0) is 16.5. The molecule has 4 nitrogen and oxygen atoms in total. The summed E-state index contributed by atoms with van der Waals surface area (Å²) in [6.07, 6.45) is 18.8. The molecule has 0 unspecified atom stereocenters. The molecule has 0 spiro atoms. The number of allylic oxidation sites excluding steroid dienone is 6. The summed E-state index contributed by atoms with van der Waals surface area (Å²) >= 11 is 0. The number of hydrogen-bond donors (Lipinski definition) is 2. The van der Waals surface area contributed by atoms with Gasteiger partial charge in [-0.05, 0) is 44.6 Å². The highest BCUT2D eigenvalue weighted by molar-refractivity contribution is 5.68. The van der Waals surface area contributed by atoms with E-state index in [4.69, 9.17) is 5.26 Å². The lowest BCUT2D eigenvalue weighted by Gasteiger charge is -1.97. The number of carbonyl (C=O) groups is 1. The standard InChI is InChI=1S/C18H30O4/c1-2-3-11-14-17(19)15-12-9-7-5-4-6-8-10-13-16-18(20)22-21/h4,6-7,9,15,19,21H,2-3,5,8,10-14,16H2,1H3/b6-4-,9-7-,17-15+. The van der Waals surface area contributed by atoms with Gasteiger partial charge in [0, 0.05) is 12.8 Å². The van der Waals surface area contributed by atoms with Gasteiger partial charge in [0.2, 0.25) is 0 Å². The molecule has 0 bridgehead atoms. The predicted octanol–water partition coefficient (Wildman–Crippen LogP) is 5.48. The van der Waals surface area contributed by atoms with Gasteiger partial charge >= 0.3 is 5.97 Å². The van der Waals surface area contributed by atoms with Crippen molar-refractivity contribution >= 4 is 5.97 Å². The molecule has 0 aromatic carbocycles. The number of aliphatic hydroxyl groups excluding tert-OH is 1. The lowest BCUT2D eigenvalue weighted by Crippen LogP contribution is -1.99. The van der Waals surface area contributed by atoms with E-state index in [-0.39, 0.29) is 6.42 Å². The molecule has 0 aromatic rings. The highest BCUT2D eigenvalue weighted by Gasteiger charge is 1.99. The lowest BCUT2D eigenvalue weighted by atomic mass is 10.1. The van der Waals surface area contributed by atoms with Crippen molar-refractivity contribution in [3.05, 3.63) is 36.1 Å². The number of rotatable bonds is 13. The molecule has 0 fully saturated rings. The normalized spacial score (nSPS) is 12.4. The molecular weight excluding hydrogens is 280 g/mol. The van der Waals surface area contributed by atoms with Gasteiger partial charge in [-0.25, -0.2) is 4.79 Å². The van der Waals surface area contributed by atoms with Crippen LogP contribution in [0, 0.1) is 0 Å². The van der Waals surface area contributed by atoms with E-state index in [2.05, 4.69) is 36.1 Å². The molecule has 0 heterocycles. The third kappa shape index (κ3) is 14.9. The van der Waals surface area contributed by atoms with Crippen LogP contribution < -0.4 is 0 Å². The number of unbranched alkanes of at least 4 members (excludes halogenated alkanes) is 4. The first-order valence-electron chi connectivity index (χ1n) is 8.23. The molecule has 0 rings (SSSR count). The van der Waals surface area contributed by atoms with Crippen LogP contribution in [0.25, 0.3) is 0 Å². The van der Waals surface area contributed by atoms with Gasteiger partial charge in [-0.3, -0.25) is 0 Å². The van der Waals surface area contributed by atoms with Gasteiger partial charge in [0.1, 0.15) is 0 Å². The summed E-state index contributed by atoms with van der Waals surface area (Å²) < 4.78 is 0. The fraction of sp³-hybridized carbons (Fsp3) is 0.611. The molecule has 0 aliphatic heterocycles. The molecule has 0 amide bonds. The second kappa shape index (κ2) is 15.8. The average Bonchev–Trinajstić information content (AvgIpc) is 2.52. The van der Waals surface area contributed by atoms with Gasteiger partial charge in [-0.15, -0.1) is 0 Å². The van der Waals surface area contributed by atoms with Crippen molar-refractivity contribution in [2.45, 2.75) is 71.1 Å². The fourth-order valence-electron chi connectivity index (χ4n) is 1.92. The second-order valence-corrected chi connectivity index (χ2v) is 5.28. The molecule has 4 heteroatoms. The molecule has 0 aromatic heterocycles. The minimum atomic E-state index is -0.571. The summed E-state index contributed by atoms with van der Waals surface area (Å²) in [5.41, 5.74) is 0. The summed E-state index contributed by atoms with van der Waals surface area (Å²) in [4.78, 5) is 14.2. The molecule has 0 atom stereocenters. The highest BCUT2D eigenvalue weighted by Crippen LogP contribution is 2.07. The van der Waals surface area contributed by atoms with Gasteiger partial charge in [-0.2, -0.15) is 5.26 Å². The molecule has 0 aliphatic rings. The third-order valence-corrected chi connectivity index (χ3v) is 3.24. The predicted molar refractivity (Wildman–Crippen MR) is 89.6 cm³/mol. The Balaban J connectivity index is 3.51. The van der Waals surface area contributed by atoms with Crippen molar-refractivity contribution in [2.24, 2.45) is 0 Å². The molecule has 2 N–H and O–H groups in total. The summed E-state index contributed by atoms with van der Waals surface area (Å²) in [5, 5.41) is 17.7. The van der Waals surface area contributed by atoms with E-state index in [0.717, 1.165) is 44.9 Å². The maximum Gasteiger partial charge on any atom is 0.342 e. The Morgan fingerprint density at radius 3 is 2.36 bits per heavy atom. The van der Waals surface area contributed by atoms with Crippen LogP contribution in [0.4, 0.5) is 0 Å². The molecule has 22 heavy (non-hydrogen) atoms. The summed E-state index contributed by atoms with van der Waals surface area (Å²) in [5.74, 6) is -0.0760. The number of aliphatic hydroxyl groups is 1. The van der Waals surface area contributed by atoms with Crippen molar-refractivity contribution in [3.63, 3.8) is 0 Å². The summed E-state index contributed by atoms with van der Waals surface area (Å²) in [7, 11) is 0. The Morgan fingerprint density at radius 2 is 1.64 bits per heavy atom. The van der Waals surface area contributed by atoms with Gasteiger partial charge in [0.25, 0.3) is 0 Å². The van der Waals surface area contributed by atoms with Crippen LogP contribution in [0.1, 0.15) is 71.1 Å². The monoisotopic (exact) mass is 310 g/mol. The second-order valence-electron chi connectivity index (χ2n) is 5.28. The van der Waals surface area contributed by atoms with Gasteiger partial charge in [0.05, 0.1) is 5.76 Å². The molecular formula is C18H30O4. The first-order valence-corrected chi connectivity index (χ1v) is 8.23. The van der Waals surface area contributed by atoms with Crippen LogP contribution in [-0.2, 0) is 9.68 Å². The van der Waals surface area contributed by atoms with E-state index in [0.29, 0.717) is 5.76 Å². The fourth-order valence-corrected chi connectivity index (χ4v) is 1.92. The van der Waals surface area contributed by atoms with E-state index in [9.17, 15) is 9.90 Å². The number of hydrogen-bond acceptors (Lipinski definition) is 4. The van der Waals surface area contributed by atoms with Crippen LogP contribution in [0.2, 0.25) is 0 Å². The SMILES string of the molecule is CCCCC/C(O)=C\C/C=C\C/C=C\CCCCC(=O)OO. The van der Waals surface area contributed by atoms with Crippen LogP contribution in [0.15, 0.2) is 36.1 Å². The van der Waals surface area contributed by atoms with Gasteiger partial charge in [-0.1, -0.05) is 44.1 Å². The summed E-state index contributed by atoms with van der Waals surface area (Å²) in [6, 6.07) is 0. The first-order chi connectivity index (χ1) is 10.7. The van der Waals surface area contributed by atoms with Gasteiger partial charge in [0.15, 0.2) is 0 Å². The van der Waals surface area contributed by atoms with Crippen molar-refractivity contribution in [1.29, 1.82) is 0 Å². The average molecular weight is 310 g/mol. The maximum absolute atomic E-state index is 10.6. The van der Waals surface area contributed by atoms with Crippen LogP contribution in [0.3, 0.4) is 0 Å². The van der Waals surface area contributed by atoms with Crippen molar-refractivity contribution < 1.29 is 20.0 Å². The first kappa shape index (κ1) is 20.5. The summed E-state index contributed by atoms with van der Waals surface area (Å²) in [6.45, 7) is 2.15. The minimum absolute atomic E-state index is 0.262. The van der Waals surface area contributed by atoms with E-state index >= 15 is 0 Å². The molecule has 0 saturated carbocycles. The Hall–Kier alpha value is -1.55. The lowest BCUT2D eigenvalue weighted by molar-refractivity contribution is -0.234. The van der Waals surface area contributed by atoms with E-state index < -0.39 is 5.97 Å².